The van der Waals surface area contributed by atoms with Crippen LogP contribution in [0.5, 0.6) is 0 Å². The number of carboxylic acid groups (broad SMARTS) is 1. The molecule has 2 saturated heterocycles. The molecule has 3 aromatic heterocycles. The predicted molar refractivity (Wildman–Crippen MR) is 202 cm³/mol. The summed E-state index contributed by atoms with van der Waals surface area (Å²) in [4.78, 5) is 67.0. The van der Waals surface area contributed by atoms with Crippen LogP contribution in [0.4, 0.5) is 4.79 Å². The Kier molecular flexibility index (Phi) is 9.51. The van der Waals surface area contributed by atoms with Crippen LogP contribution in [-0.2, 0) is 16.0 Å². The van der Waals surface area contributed by atoms with Crippen LogP contribution in [0.25, 0.3) is 33.6 Å². The van der Waals surface area contributed by atoms with Crippen molar-refractivity contribution in [1.29, 1.82) is 0 Å². The topological polar surface area (TPSA) is 167 Å². The summed E-state index contributed by atoms with van der Waals surface area (Å²) in [7, 11) is 1.43. The Bertz CT molecular complexity index is 2230. The van der Waals surface area contributed by atoms with E-state index in [1.807, 2.05) is 41.4 Å². The number of hydrogen-bond donors (Lipinski definition) is 4. The molecule has 6 aromatic rings. The maximum atomic E-state index is 13.9. The minimum Gasteiger partial charge on any atom is -0.465 e. The van der Waals surface area contributed by atoms with Crippen molar-refractivity contribution in [1.82, 2.24) is 44.6 Å². The minimum atomic E-state index is -1.16. The molecule has 8 rings (SSSR count). The van der Waals surface area contributed by atoms with Gasteiger partial charge in [0.2, 0.25) is 5.91 Å². The van der Waals surface area contributed by atoms with E-state index in [0.29, 0.717) is 30.9 Å². The zero-order chi connectivity index (χ0) is 37.2. The lowest BCUT2D eigenvalue weighted by atomic mass is 10.0. The third-order valence-corrected chi connectivity index (χ3v) is 10.6. The smallest absolute Gasteiger partial charge is 0.407 e. The summed E-state index contributed by atoms with van der Waals surface area (Å²) in [6, 6.07) is 24.3. The van der Waals surface area contributed by atoms with Gasteiger partial charge in [-0.3, -0.25) is 14.5 Å². The molecule has 3 amide bonds. The summed E-state index contributed by atoms with van der Waals surface area (Å²) in [5, 5.41) is 9.78. The molecule has 3 aromatic carbocycles. The number of carbonyl (C=O) groups is 3. The molecule has 54 heavy (non-hydrogen) atoms. The molecule has 2 aliphatic heterocycles. The molecule has 13 heteroatoms. The van der Waals surface area contributed by atoms with Crippen LogP contribution in [0.1, 0.15) is 66.7 Å². The van der Waals surface area contributed by atoms with E-state index in [1.54, 1.807) is 35.8 Å². The van der Waals surface area contributed by atoms with Gasteiger partial charge in [-0.2, -0.15) is 0 Å². The molecule has 0 unspecified atom stereocenters. The number of benzene rings is 3. The molecule has 0 aliphatic carbocycles. The standard InChI is InChI=1S/C41H41N9O4/c1-48(41(53)54)37(30-7-3-2-4-8-30)40(52)50-20-6-10-35(50)39-44-24-33(47-39)29-17-13-27(14-18-29)26-11-15-28(16-12-26)32-23-43-38(46-32)34-9-5-19-49(34)36(51)21-31-22-42-25-45-31/h2-4,7-8,11-18,22-25,34-35,37H,5-6,9-10,19-21H2,1H3,(H,42,45)(H,43,46)(H,44,47)(H,53,54)/t34-,35-,37+/m0/s1. The van der Waals surface area contributed by atoms with Crippen molar-refractivity contribution in [3.63, 3.8) is 0 Å². The van der Waals surface area contributed by atoms with E-state index in [9.17, 15) is 19.5 Å². The van der Waals surface area contributed by atoms with Gasteiger partial charge in [-0.15, -0.1) is 0 Å². The van der Waals surface area contributed by atoms with Crippen LogP contribution in [-0.4, -0.2) is 87.8 Å². The first-order valence-corrected chi connectivity index (χ1v) is 18.2. The average molecular weight is 724 g/mol. The summed E-state index contributed by atoms with van der Waals surface area (Å²) >= 11 is 0. The molecule has 4 N–H and O–H groups in total. The van der Waals surface area contributed by atoms with Gasteiger partial charge in [0.1, 0.15) is 17.7 Å². The zero-order valence-corrected chi connectivity index (χ0v) is 29.9. The fraction of sp³-hybridized carbons (Fsp3) is 0.268. The number of nitrogens with one attached hydrogen (secondary N) is 3. The largest absolute Gasteiger partial charge is 0.465 e. The minimum absolute atomic E-state index is 0.0652. The second kappa shape index (κ2) is 14.9. The van der Waals surface area contributed by atoms with Crippen LogP contribution >= 0.6 is 0 Å². The first kappa shape index (κ1) is 34.6. The number of likely N-dealkylation sites (tertiary alicyclic amines) is 2. The Hall–Kier alpha value is -6.50. The van der Waals surface area contributed by atoms with Gasteiger partial charge in [-0.25, -0.2) is 19.7 Å². The van der Waals surface area contributed by atoms with Crippen LogP contribution in [0.3, 0.4) is 0 Å². The first-order chi connectivity index (χ1) is 26.3. The Morgan fingerprint density at radius 2 is 1.30 bits per heavy atom. The number of amides is 3. The highest BCUT2D eigenvalue weighted by atomic mass is 16.4. The van der Waals surface area contributed by atoms with Gasteiger partial charge in [0.05, 0.1) is 48.6 Å². The molecule has 274 valence electrons. The molecule has 3 atom stereocenters. The van der Waals surface area contributed by atoms with Gasteiger partial charge in [-0.1, -0.05) is 78.9 Å². The van der Waals surface area contributed by atoms with E-state index in [4.69, 9.17) is 0 Å². The number of carbonyl (C=O) groups excluding carboxylic acids is 2. The van der Waals surface area contributed by atoms with Gasteiger partial charge in [0, 0.05) is 32.0 Å². The maximum Gasteiger partial charge on any atom is 0.407 e. The Balaban J connectivity index is 0.930. The third kappa shape index (κ3) is 6.87. The van der Waals surface area contributed by atoms with Crippen molar-refractivity contribution in [3.8, 4) is 33.6 Å². The SMILES string of the molecule is CN(C(=O)O)[C@@H](C(=O)N1CCC[C@H]1c1ncc(-c2ccc(-c3ccc(-c4cnc([C@@H]5CCCN5C(=O)Cc5cnc[nH]5)[nH]4)cc3)cc2)[nH]1)c1ccccc1. The summed E-state index contributed by atoms with van der Waals surface area (Å²) < 4.78 is 0. The molecule has 0 saturated carbocycles. The van der Waals surface area contributed by atoms with E-state index in [0.717, 1.165) is 75.7 Å². The Morgan fingerprint density at radius 1 is 0.759 bits per heavy atom. The Morgan fingerprint density at radius 3 is 1.83 bits per heavy atom. The average Bonchev–Trinajstić information content (AvgIpc) is 4.05. The molecule has 0 bridgehead atoms. The quantitative estimate of drug-likeness (QED) is 0.121. The van der Waals surface area contributed by atoms with Gasteiger partial charge >= 0.3 is 6.09 Å². The lowest BCUT2D eigenvalue weighted by molar-refractivity contribution is -0.137. The van der Waals surface area contributed by atoms with Crippen LogP contribution in [0.15, 0.2) is 104 Å². The number of nitrogens with zero attached hydrogens (tertiary/aromatic N) is 6. The first-order valence-electron chi connectivity index (χ1n) is 18.2. The number of H-pyrrole nitrogens is 3. The highest BCUT2D eigenvalue weighted by molar-refractivity contribution is 5.87. The normalized spacial score (nSPS) is 17.5. The zero-order valence-electron chi connectivity index (χ0n) is 29.9. The predicted octanol–water partition coefficient (Wildman–Crippen LogP) is 6.78. The molecule has 0 radical (unpaired) electrons. The molecule has 13 nitrogen and oxygen atoms in total. The molecular formula is C41H41N9O4. The summed E-state index contributed by atoms with van der Waals surface area (Å²) in [6.45, 7) is 1.24. The number of hydrogen-bond acceptors (Lipinski definition) is 6. The number of aromatic nitrogens is 6. The highest BCUT2D eigenvalue weighted by Crippen LogP contribution is 2.36. The van der Waals surface area contributed by atoms with Gasteiger partial charge < -0.3 is 29.9 Å². The van der Waals surface area contributed by atoms with Crippen molar-refractivity contribution in [2.24, 2.45) is 0 Å². The van der Waals surface area contributed by atoms with E-state index in [1.165, 1.54) is 7.05 Å². The molecule has 2 fully saturated rings. The van der Waals surface area contributed by atoms with E-state index < -0.39 is 12.1 Å². The number of aromatic amines is 3. The van der Waals surface area contributed by atoms with E-state index in [-0.39, 0.29) is 23.9 Å². The summed E-state index contributed by atoms with van der Waals surface area (Å²) in [5.41, 5.74) is 7.29. The number of imidazole rings is 3. The van der Waals surface area contributed by atoms with Gasteiger partial charge in [-0.05, 0) is 53.5 Å². The fourth-order valence-corrected chi connectivity index (χ4v) is 7.73. The molecule has 0 spiro atoms. The second-order valence-electron chi connectivity index (χ2n) is 13.9. The van der Waals surface area contributed by atoms with Crippen LogP contribution < -0.4 is 0 Å². The molecule has 5 heterocycles. The summed E-state index contributed by atoms with van der Waals surface area (Å²) in [5.74, 6) is 1.29. The maximum absolute atomic E-state index is 13.9. The van der Waals surface area contributed by atoms with Crippen molar-refractivity contribution in [3.05, 3.63) is 127 Å². The molecule has 2 aliphatic rings. The fourth-order valence-electron chi connectivity index (χ4n) is 7.73. The highest BCUT2D eigenvalue weighted by Gasteiger charge is 2.39. The number of rotatable bonds is 10. The third-order valence-electron chi connectivity index (χ3n) is 10.6. The van der Waals surface area contributed by atoms with E-state index >= 15 is 0 Å². The van der Waals surface area contributed by atoms with Crippen LogP contribution in [0.2, 0.25) is 0 Å². The van der Waals surface area contributed by atoms with Crippen LogP contribution in [0, 0.1) is 0 Å². The lowest BCUT2D eigenvalue weighted by Gasteiger charge is -2.32. The summed E-state index contributed by atoms with van der Waals surface area (Å²) in [6.07, 6.45) is 9.38. The van der Waals surface area contributed by atoms with Crippen molar-refractivity contribution in [2.45, 2.75) is 50.2 Å². The second-order valence-corrected chi connectivity index (χ2v) is 13.9. The van der Waals surface area contributed by atoms with E-state index in [2.05, 4.69) is 66.3 Å². The van der Waals surface area contributed by atoms with Gasteiger partial charge in [0.15, 0.2) is 0 Å². The number of likely N-dealkylation sites (N-methyl/N-ethyl adjacent to an activating group) is 1. The molecular weight excluding hydrogens is 683 g/mol. The van der Waals surface area contributed by atoms with Crippen molar-refractivity contribution in [2.75, 3.05) is 20.1 Å². The van der Waals surface area contributed by atoms with Gasteiger partial charge in [0.25, 0.3) is 5.91 Å². The van der Waals surface area contributed by atoms with Crippen molar-refractivity contribution >= 4 is 17.9 Å². The monoisotopic (exact) mass is 723 g/mol. The Labute approximate surface area is 312 Å². The lowest BCUT2D eigenvalue weighted by Crippen LogP contribution is -2.43. The van der Waals surface area contributed by atoms with Crippen molar-refractivity contribution < 1.29 is 19.5 Å².